The summed E-state index contributed by atoms with van der Waals surface area (Å²) < 4.78 is 5.26. The van der Waals surface area contributed by atoms with Gasteiger partial charge in [-0.05, 0) is 30.3 Å². The van der Waals surface area contributed by atoms with E-state index in [4.69, 9.17) is 14.9 Å². The fourth-order valence-corrected chi connectivity index (χ4v) is 2.20. The number of benzene rings is 2. The molecular weight excluding hydrogens is 300 g/mol. The predicted octanol–water partition coefficient (Wildman–Crippen LogP) is 2.39. The van der Waals surface area contributed by atoms with Crippen LogP contribution in [0.4, 0.5) is 0 Å². The summed E-state index contributed by atoms with van der Waals surface area (Å²) in [6, 6.07) is 11.5. The summed E-state index contributed by atoms with van der Waals surface area (Å²) in [5, 5.41) is 17.8. The number of carboxylic acids is 2. The normalized spacial score (nSPS) is 10.6. The monoisotopic (exact) mass is 312 g/mol. The number of imidazole rings is 1. The lowest BCUT2D eigenvalue weighted by Gasteiger charge is -2.07. The first-order valence-electron chi connectivity index (χ1n) is 6.71. The van der Waals surface area contributed by atoms with Crippen LogP contribution < -0.4 is 4.74 Å². The third kappa shape index (κ3) is 2.98. The highest BCUT2D eigenvalue weighted by Gasteiger charge is 2.13. The van der Waals surface area contributed by atoms with Gasteiger partial charge in [0.05, 0.1) is 22.2 Å². The van der Waals surface area contributed by atoms with Crippen LogP contribution in [0.2, 0.25) is 0 Å². The molecule has 2 aromatic carbocycles. The van der Waals surface area contributed by atoms with Gasteiger partial charge in [-0.1, -0.05) is 12.1 Å². The van der Waals surface area contributed by atoms with Crippen molar-refractivity contribution < 1.29 is 24.5 Å². The number of nitrogens with one attached hydrogen (secondary N) is 1. The number of ether oxygens (including phenoxy) is 1. The summed E-state index contributed by atoms with van der Waals surface area (Å²) in [7, 11) is 0. The quantitative estimate of drug-likeness (QED) is 0.667. The molecule has 3 rings (SSSR count). The van der Waals surface area contributed by atoms with Gasteiger partial charge in [0.25, 0.3) is 0 Å². The van der Waals surface area contributed by atoms with Gasteiger partial charge in [0, 0.05) is 0 Å². The summed E-state index contributed by atoms with van der Waals surface area (Å²) in [6.07, 6.45) is 0. The first-order valence-corrected chi connectivity index (χ1v) is 6.71. The number of hydrogen-bond donors (Lipinski definition) is 3. The van der Waals surface area contributed by atoms with Gasteiger partial charge in [0.2, 0.25) is 0 Å². The van der Waals surface area contributed by atoms with Crippen LogP contribution >= 0.6 is 0 Å². The molecule has 23 heavy (non-hydrogen) atoms. The zero-order chi connectivity index (χ0) is 16.4. The lowest BCUT2D eigenvalue weighted by atomic mass is 10.2. The van der Waals surface area contributed by atoms with E-state index in [-0.39, 0.29) is 5.56 Å². The largest absolute Gasteiger partial charge is 0.481 e. The van der Waals surface area contributed by atoms with E-state index in [2.05, 4.69) is 9.97 Å². The topological polar surface area (TPSA) is 113 Å². The minimum atomic E-state index is -1.07. The van der Waals surface area contributed by atoms with Gasteiger partial charge >= 0.3 is 11.9 Å². The first kappa shape index (κ1) is 14.6. The second-order valence-corrected chi connectivity index (χ2v) is 4.80. The Kier molecular flexibility index (Phi) is 3.68. The Labute approximate surface area is 130 Å². The number of aliphatic carboxylic acids is 1. The SMILES string of the molecule is O=C(O)COc1ccccc1-c1nc2ccc(C(=O)O)cc2[nH]1. The molecule has 3 N–H and O–H groups in total. The van der Waals surface area contributed by atoms with E-state index in [0.717, 1.165) is 0 Å². The van der Waals surface area contributed by atoms with E-state index in [1.165, 1.54) is 12.1 Å². The molecule has 1 aromatic heterocycles. The molecule has 0 spiro atoms. The molecule has 116 valence electrons. The van der Waals surface area contributed by atoms with Crippen molar-refractivity contribution >= 4 is 23.0 Å². The molecule has 0 aliphatic carbocycles. The molecule has 0 amide bonds. The number of aromatic nitrogens is 2. The molecule has 0 aliphatic rings. The number of H-pyrrole nitrogens is 1. The summed E-state index contributed by atoms with van der Waals surface area (Å²) in [4.78, 5) is 29.1. The fourth-order valence-electron chi connectivity index (χ4n) is 2.20. The Morgan fingerprint density at radius 2 is 1.91 bits per heavy atom. The van der Waals surface area contributed by atoms with Crippen molar-refractivity contribution in [1.82, 2.24) is 9.97 Å². The lowest BCUT2D eigenvalue weighted by Crippen LogP contribution is -2.10. The van der Waals surface area contributed by atoms with Crippen LogP contribution in [0.25, 0.3) is 22.4 Å². The smallest absolute Gasteiger partial charge is 0.341 e. The second-order valence-electron chi connectivity index (χ2n) is 4.80. The van der Waals surface area contributed by atoms with Crippen molar-refractivity contribution in [3.63, 3.8) is 0 Å². The van der Waals surface area contributed by atoms with E-state index in [0.29, 0.717) is 28.2 Å². The van der Waals surface area contributed by atoms with Crippen molar-refractivity contribution in [2.75, 3.05) is 6.61 Å². The molecule has 3 aromatic rings. The summed E-state index contributed by atoms with van der Waals surface area (Å²) >= 11 is 0. The Morgan fingerprint density at radius 1 is 1.13 bits per heavy atom. The van der Waals surface area contributed by atoms with Gasteiger partial charge in [-0.2, -0.15) is 0 Å². The van der Waals surface area contributed by atoms with E-state index in [9.17, 15) is 9.59 Å². The Hall–Kier alpha value is -3.35. The maximum atomic E-state index is 11.0. The van der Waals surface area contributed by atoms with Crippen molar-refractivity contribution in [3.05, 3.63) is 48.0 Å². The van der Waals surface area contributed by atoms with Crippen molar-refractivity contribution in [3.8, 4) is 17.1 Å². The molecule has 0 saturated heterocycles. The summed E-state index contributed by atoms with van der Waals surface area (Å²) in [5.74, 6) is -1.24. The van der Waals surface area contributed by atoms with Crippen molar-refractivity contribution in [1.29, 1.82) is 0 Å². The molecule has 0 saturated carbocycles. The van der Waals surface area contributed by atoms with Gasteiger partial charge in [-0.15, -0.1) is 0 Å². The van der Waals surface area contributed by atoms with Gasteiger partial charge < -0.3 is 19.9 Å². The number of carbonyl (C=O) groups is 2. The number of rotatable bonds is 5. The molecule has 0 bridgehead atoms. The number of nitrogens with zero attached hydrogens (tertiary/aromatic N) is 1. The van der Waals surface area contributed by atoms with E-state index in [1.54, 1.807) is 30.3 Å². The van der Waals surface area contributed by atoms with Crippen molar-refractivity contribution in [2.24, 2.45) is 0 Å². The summed E-state index contributed by atoms with van der Waals surface area (Å²) in [5.41, 5.74) is 1.94. The predicted molar refractivity (Wildman–Crippen MR) is 81.6 cm³/mol. The number of para-hydroxylation sites is 1. The minimum absolute atomic E-state index is 0.156. The Morgan fingerprint density at radius 3 is 2.65 bits per heavy atom. The fraction of sp³-hybridized carbons (Fsp3) is 0.0625. The van der Waals surface area contributed by atoms with E-state index in [1.807, 2.05) is 0 Å². The molecule has 1 heterocycles. The lowest BCUT2D eigenvalue weighted by molar-refractivity contribution is -0.139. The van der Waals surface area contributed by atoms with Crippen LogP contribution in [0.5, 0.6) is 5.75 Å². The van der Waals surface area contributed by atoms with Crippen LogP contribution in [0.1, 0.15) is 10.4 Å². The molecule has 0 fully saturated rings. The van der Waals surface area contributed by atoms with Crippen LogP contribution in [0.3, 0.4) is 0 Å². The molecular formula is C16H12N2O5. The third-order valence-corrected chi connectivity index (χ3v) is 3.22. The van der Waals surface area contributed by atoms with E-state index >= 15 is 0 Å². The molecule has 0 atom stereocenters. The van der Waals surface area contributed by atoms with Gasteiger partial charge in [0.15, 0.2) is 6.61 Å². The highest BCUT2D eigenvalue weighted by atomic mass is 16.5. The number of hydrogen-bond acceptors (Lipinski definition) is 4. The molecule has 7 heteroatoms. The second kappa shape index (κ2) is 5.80. The average molecular weight is 312 g/mol. The van der Waals surface area contributed by atoms with Crippen LogP contribution in [-0.4, -0.2) is 38.7 Å². The molecule has 0 aliphatic heterocycles. The van der Waals surface area contributed by atoms with Gasteiger partial charge in [0.1, 0.15) is 11.6 Å². The number of fused-ring (bicyclic) bond motifs is 1. The molecule has 7 nitrogen and oxygen atoms in total. The van der Waals surface area contributed by atoms with Gasteiger partial charge in [-0.3, -0.25) is 0 Å². The highest BCUT2D eigenvalue weighted by Crippen LogP contribution is 2.29. The van der Waals surface area contributed by atoms with Crippen LogP contribution in [0.15, 0.2) is 42.5 Å². The standard InChI is InChI=1S/C16H12N2O5/c19-14(20)8-23-13-4-2-1-3-10(13)15-17-11-6-5-9(16(21)22)7-12(11)18-15/h1-7H,8H2,(H,17,18)(H,19,20)(H,21,22). The van der Waals surface area contributed by atoms with Crippen LogP contribution in [-0.2, 0) is 4.79 Å². The Bertz CT molecular complexity index is 900. The number of carboxylic acid groups (broad SMARTS) is 2. The minimum Gasteiger partial charge on any atom is -0.481 e. The maximum absolute atomic E-state index is 11.0. The summed E-state index contributed by atoms with van der Waals surface area (Å²) in [6.45, 7) is -0.458. The Balaban J connectivity index is 2.03. The maximum Gasteiger partial charge on any atom is 0.341 e. The first-order chi connectivity index (χ1) is 11.0. The number of aromatic amines is 1. The third-order valence-electron chi connectivity index (χ3n) is 3.22. The van der Waals surface area contributed by atoms with Crippen molar-refractivity contribution in [2.45, 2.75) is 0 Å². The highest BCUT2D eigenvalue weighted by molar-refractivity contribution is 5.93. The van der Waals surface area contributed by atoms with Gasteiger partial charge in [-0.25, -0.2) is 14.6 Å². The molecule has 0 radical (unpaired) electrons. The number of aromatic carboxylic acids is 1. The van der Waals surface area contributed by atoms with Crippen LogP contribution in [0, 0.1) is 0 Å². The van der Waals surface area contributed by atoms with E-state index < -0.39 is 18.5 Å². The zero-order valence-corrected chi connectivity index (χ0v) is 11.8. The molecule has 0 unspecified atom stereocenters. The zero-order valence-electron chi connectivity index (χ0n) is 11.8. The average Bonchev–Trinajstić information content (AvgIpc) is 2.95.